The number of ether oxygens (including phenoxy) is 4. The lowest BCUT2D eigenvalue weighted by Crippen LogP contribution is -2.40. The van der Waals surface area contributed by atoms with Crippen molar-refractivity contribution in [2.45, 2.75) is 508 Å². The second kappa shape index (κ2) is 84.4. The molecule has 2 atom stereocenters. The van der Waals surface area contributed by atoms with Gasteiger partial charge >= 0.3 is 17.9 Å². The summed E-state index contributed by atoms with van der Waals surface area (Å²) in [6, 6.07) is 0. The molecule has 604 valence electrons. The number of allylic oxidation sites excluding steroid dienone is 4. The standard InChI is InChI=1S/C93H179NO8/c1-6-8-10-12-14-16-18-20-22-24-26-28-30-32-34-36-38-40-42-44-45-46-48-49-51-53-55-57-59-61-63-65-67-69-71-73-75-77-79-81-83-90(95)100-87-89(88-101-93(92(97)98)99-86-85-94(3,4)5)102-91(96)84-82-80-78-76-74-72-70-68-66-64-62-60-58-56-54-52-50-47-43-41-39-37-35-33-31-29-27-25-23-21-19-17-15-13-11-9-7-2/h19,21,25,27,89,93H,6-18,20,22-24,26,28-88H2,1-5H3/p+1/b21-19-,27-25-. The van der Waals surface area contributed by atoms with Crippen molar-refractivity contribution < 1.29 is 42.9 Å². The van der Waals surface area contributed by atoms with Gasteiger partial charge in [-0.3, -0.25) is 9.59 Å². The first-order valence-electron chi connectivity index (χ1n) is 46.0. The molecule has 0 saturated carbocycles. The van der Waals surface area contributed by atoms with E-state index in [1.165, 1.54) is 424 Å². The van der Waals surface area contributed by atoms with Crippen molar-refractivity contribution in [2.75, 3.05) is 47.5 Å². The number of carbonyl (C=O) groups excluding carboxylic acids is 2. The average Bonchev–Trinajstić information content (AvgIpc) is 1.02. The van der Waals surface area contributed by atoms with Crippen molar-refractivity contribution in [1.29, 1.82) is 0 Å². The maximum atomic E-state index is 13.0. The van der Waals surface area contributed by atoms with Gasteiger partial charge in [0.05, 0.1) is 34.4 Å². The molecule has 0 aliphatic carbocycles. The molecular formula is C93H180NO8+. The molecule has 102 heavy (non-hydrogen) atoms. The highest BCUT2D eigenvalue weighted by atomic mass is 16.7. The highest BCUT2D eigenvalue weighted by molar-refractivity contribution is 5.71. The van der Waals surface area contributed by atoms with Crippen LogP contribution >= 0.6 is 0 Å². The Labute approximate surface area is 637 Å². The number of quaternary nitrogens is 1. The van der Waals surface area contributed by atoms with E-state index in [2.05, 4.69) is 38.2 Å². The van der Waals surface area contributed by atoms with Crippen molar-refractivity contribution in [3.8, 4) is 0 Å². The summed E-state index contributed by atoms with van der Waals surface area (Å²) in [6.45, 7) is 4.97. The smallest absolute Gasteiger partial charge is 0.361 e. The topological polar surface area (TPSA) is 108 Å². The Balaban J connectivity index is 3.87. The van der Waals surface area contributed by atoms with Gasteiger partial charge in [0.1, 0.15) is 13.2 Å². The number of nitrogens with zero attached hydrogens (tertiary/aromatic N) is 1. The summed E-state index contributed by atoms with van der Waals surface area (Å²) in [5, 5.41) is 9.80. The van der Waals surface area contributed by atoms with Crippen molar-refractivity contribution in [1.82, 2.24) is 0 Å². The lowest BCUT2D eigenvalue weighted by atomic mass is 10.0. The van der Waals surface area contributed by atoms with E-state index in [0.717, 1.165) is 44.9 Å². The van der Waals surface area contributed by atoms with Gasteiger partial charge in [-0.2, -0.15) is 0 Å². The molecule has 9 nitrogen and oxygen atoms in total. The number of unbranched alkanes of at least 4 members (excludes halogenated alkanes) is 69. The van der Waals surface area contributed by atoms with Gasteiger partial charge in [0.15, 0.2) is 6.10 Å². The van der Waals surface area contributed by atoms with Crippen molar-refractivity contribution >= 4 is 17.9 Å². The fourth-order valence-corrected chi connectivity index (χ4v) is 14.5. The molecule has 0 aromatic rings. The number of rotatable bonds is 88. The minimum Gasteiger partial charge on any atom is -0.477 e. The summed E-state index contributed by atoms with van der Waals surface area (Å²) >= 11 is 0. The van der Waals surface area contributed by atoms with Crippen LogP contribution in [0.25, 0.3) is 0 Å². The number of carboxylic acid groups (broad SMARTS) is 1. The maximum Gasteiger partial charge on any atom is 0.361 e. The first kappa shape index (κ1) is 99.8. The number of carbonyl (C=O) groups is 3. The Bertz CT molecular complexity index is 1730. The lowest BCUT2D eigenvalue weighted by molar-refractivity contribution is -0.870. The molecule has 0 aliphatic heterocycles. The second-order valence-electron chi connectivity index (χ2n) is 33.0. The zero-order valence-electron chi connectivity index (χ0n) is 69.6. The Morgan fingerprint density at radius 3 is 0.775 bits per heavy atom. The predicted molar refractivity (Wildman–Crippen MR) is 443 cm³/mol. The Morgan fingerprint density at radius 2 is 0.529 bits per heavy atom. The second-order valence-corrected chi connectivity index (χ2v) is 33.0. The van der Waals surface area contributed by atoms with Gasteiger partial charge in [-0.1, -0.05) is 462 Å². The Hall–Kier alpha value is -2.23. The molecule has 9 heteroatoms. The molecule has 1 N–H and O–H groups in total. The van der Waals surface area contributed by atoms with E-state index in [-0.39, 0.29) is 38.2 Å². The fraction of sp³-hybridized carbons (Fsp3) is 0.925. The van der Waals surface area contributed by atoms with E-state index in [0.29, 0.717) is 17.4 Å². The van der Waals surface area contributed by atoms with Crippen LogP contribution in [0.15, 0.2) is 24.3 Å². The Kier molecular flexibility index (Phi) is 82.5. The van der Waals surface area contributed by atoms with Crippen LogP contribution in [0.5, 0.6) is 0 Å². The summed E-state index contributed by atoms with van der Waals surface area (Å²) in [6.07, 6.45) is 107. The summed E-state index contributed by atoms with van der Waals surface area (Å²) in [5.41, 5.74) is 0. The number of esters is 2. The van der Waals surface area contributed by atoms with Crippen LogP contribution in [-0.2, 0) is 33.3 Å². The van der Waals surface area contributed by atoms with Crippen molar-refractivity contribution in [3.63, 3.8) is 0 Å². The molecule has 0 aromatic heterocycles. The number of likely N-dealkylation sites (N-methyl/N-ethyl adjacent to an activating group) is 1. The molecule has 0 radical (unpaired) electrons. The van der Waals surface area contributed by atoms with Gasteiger partial charge in [-0.25, -0.2) is 4.79 Å². The molecule has 0 spiro atoms. The number of aliphatic carboxylic acids is 1. The highest BCUT2D eigenvalue weighted by Crippen LogP contribution is 2.22. The van der Waals surface area contributed by atoms with E-state index in [9.17, 15) is 19.5 Å². The van der Waals surface area contributed by atoms with E-state index in [4.69, 9.17) is 18.9 Å². The van der Waals surface area contributed by atoms with Gasteiger partial charge < -0.3 is 28.5 Å². The van der Waals surface area contributed by atoms with E-state index in [1.54, 1.807) is 0 Å². The summed E-state index contributed by atoms with van der Waals surface area (Å²) < 4.78 is 23.1. The van der Waals surface area contributed by atoms with Crippen LogP contribution in [0.2, 0.25) is 0 Å². The fourth-order valence-electron chi connectivity index (χ4n) is 14.5. The molecule has 0 bridgehead atoms. The predicted octanol–water partition coefficient (Wildman–Crippen LogP) is 30.0. The number of carboxylic acids is 1. The number of hydrogen-bond acceptors (Lipinski definition) is 7. The lowest BCUT2D eigenvalue weighted by Gasteiger charge is -2.25. The van der Waals surface area contributed by atoms with Gasteiger partial charge in [0.2, 0.25) is 0 Å². The molecule has 0 heterocycles. The zero-order chi connectivity index (χ0) is 73.9. The quantitative estimate of drug-likeness (QED) is 0.0211. The van der Waals surface area contributed by atoms with Crippen molar-refractivity contribution in [3.05, 3.63) is 24.3 Å². The normalized spacial score (nSPS) is 12.6. The molecule has 0 aliphatic rings. The average molecular weight is 1440 g/mol. The van der Waals surface area contributed by atoms with Crippen LogP contribution < -0.4 is 0 Å². The van der Waals surface area contributed by atoms with Gasteiger partial charge in [-0.15, -0.1) is 0 Å². The van der Waals surface area contributed by atoms with Crippen molar-refractivity contribution in [2.24, 2.45) is 0 Å². The minimum absolute atomic E-state index is 0.173. The minimum atomic E-state index is -1.51. The van der Waals surface area contributed by atoms with Crippen LogP contribution in [-0.4, -0.2) is 87.4 Å². The van der Waals surface area contributed by atoms with Crippen LogP contribution in [0.3, 0.4) is 0 Å². The zero-order valence-corrected chi connectivity index (χ0v) is 69.6. The molecule has 0 fully saturated rings. The summed E-state index contributed by atoms with van der Waals surface area (Å²) in [5.74, 6) is -1.96. The summed E-state index contributed by atoms with van der Waals surface area (Å²) in [7, 11) is 6.01. The Morgan fingerprint density at radius 1 is 0.294 bits per heavy atom. The molecule has 0 rings (SSSR count). The molecule has 0 saturated heterocycles. The summed E-state index contributed by atoms with van der Waals surface area (Å²) in [4.78, 5) is 37.8. The van der Waals surface area contributed by atoms with Gasteiger partial charge in [0.25, 0.3) is 6.29 Å². The highest BCUT2D eigenvalue weighted by Gasteiger charge is 2.25. The third-order valence-electron chi connectivity index (χ3n) is 21.5. The molecule has 2 unspecified atom stereocenters. The first-order chi connectivity index (χ1) is 50.1. The van der Waals surface area contributed by atoms with E-state index >= 15 is 0 Å². The molecule has 0 aromatic carbocycles. The van der Waals surface area contributed by atoms with Gasteiger partial charge in [-0.05, 0) is 44.9 Å². The van der Waals surface area contributed by atoms with Crippen LogP contribution in [0, 0.1) is 0 Å². The first-order valence-corrected chi connectivity index (χ1v) is 46.0. The third kappa shape index (κ3) is 85.0. The maximum absolute atomic E-state index is 13.0. The largest absolute Gasteiger partial charge is 0.477 e. The van der Waals surface area contributed by atoms with Crippen LogP contribution in [0.4, 0.5) is 0 Å². The van der Waals surface area contributed by atoms with Gasteiger partial charge in [0, 0.05) is 12.8 Å². The monoisotopic (exact) mass is 1440 g/mol. The molecule has 0 amide bonds. The third-order valence-corrected chi connectivity index (χ3v) is 21.5. The molecular weight excluding hydrogens is 1260 g/mol. The van der Waals surface area contributed by atoms with E-state index < -0.39 is 18.4 Å². The SMILES string of the molecule is CCCCCCC/C=C\C/C=C\CCCCCCCCCCCCCCCCCCCCCCCCCCCC(=O)OC(COC(=O)CCCCCCCCCCCCCCCCCCCCCCCCCCCCCCCCCCCCCCCCCC)COC(OCC[N+](C)(C)C)C(=O)O. The number of hydrogen-bond donors (Lipinski definition) is 1. The van der Waals surface area contributed by atoms with Crippen LogP contribution in [0.1, 0.15) is 495 Å². The van der Waals surface area contributed by atoms with E-state index in [1.807, 2.05) is 21.1 Å².